The van der Waals surface area contributed by atoms with Crippen LogP contribution in [0.3, 0.4) is 0 Å². The minimum Gasteiger partial charge on any atom is -0.510 e. The Hall–Kier alpha value is -2.79. The van der Waals surface area contributed by atoms with Gasteiger partial charge in [0.25, 0.3) is 5.22 Å². The van der Waals surface area contributed by atoms with Crippen LogP contribution in [-0.2, 0) is 12.5 Å². The van der Waals surface area contributed by atoms with Gasteiger partial charge in [0.2, 0.25) is 5.89 Å². The molecule has 8 heteroatoms. The zero-order valence-electron chi connectivity index (χ0n) is 15.0. The first-order chi connectivity index (χ1) is 12.3. The number of imidazole rings is 1. The van der Waals surface area contributed by atoms with E-state index in [1.54, 1.807) is 4.57 Å². The molecule has 0 atom stereocenters. The summed E-state index contributed by atoms with van der Waals surface area (Å²) >= 11 is 1.18. The van der Waals surface area contributed by atoms with Gasteiger partial charge in [0.15, 0.2) is 5.82 Å². The number of aliphatic hydroxyl groups is 1. The number of nitriles is 1. The highest BCUT2D eigenvalue weighted by Crippen LogP contribution is 2.28. The molecule has 0 aliphatic heterocycles. The second-order valence-corrected chi connectivity index (χ2v) is 7.76. The average Bonchev–Trinajstić information content (AvgIpc) is 3.20. The highest BCUT2D eigenvalue weighted by molar-refractivity contribution is 7.99. The van der Waals surface area contributed by atoms with Gasteiger partial charge in [0.1, 0.15) is 17.4 Å². The molecule has 134 valence electrons. The molecule has 7 nitrogen and oxygen atoms in total. The minimum absolute atomic E-state index is 0.0774. The summed E-state index contributed by atoms with van der Waals surface area (Å²) in [6.45, 7) is 5.93. The molecule has 1 N–H and O–H groups in total. The molecule has 0 saturated heterocycles. The van der Waals surface area contributed by atoms with E-state index in [9.17, 15) is 10.4 Å². The minimum atomic E-state index is -0.241. The summed E-state index contributed by atoms with van der Waals surface area (Å²) in [7, 11) is 1.82. The predicted octanol–water partition coefficient (Wildman–Crippen LogP) is 3.84. The van der Waals surface area contributed by atoms with E-state index in [1.807, 2.05) is 52.1 Å². The van der Waals surface area contributed by atoms with Crippen molar-refractivity contribution < 1.29 is 9.52 Å². The van der Waals surface area contributed by atoms with E-state index in [4.69, 9.17) is 4.42 Å². The van der Waals surface area contributed by atoms with Crippen molar-refractivity contribution in [2.75, 3.05) is 5.75 Å². The summed E-state index contributed by atoms with van der Waals surface area (Å²) < 4.78 is 7.38. The third-order valence-corrected chi connectivity index (χ3v) is 4.62. The second-order valence-electron chi connectivity index (χ2n) is 6.83. The maximum atomic E-state index is 10.4. The van der Waals surface area contributed by atoms with E-state index >= 15 is 0 Å². The van der Waals surface area contributed by atoms with Gasteiger partial charge in [-0.15, -0.1) is 10.2 Å². The van der Waals surface area contributed by atoms with Gasteiger partial charge in [0.05, 0.1) is 16.8 Å². The molecule has 0 aliphatic rings. The fourth-order valence-corrected chi connectivity index (χ4v) is 3.03. The molecule has 2 aromatic heterocycles. The molecule has 2 heterocycles. The Bertz CT molecular complexity index is 1020. The summed E-state index contributed by atoms with van der Waals surface area (Å²) in [4.78, 5) is 4.46. The average molecular weight is 369 g/mol. The van der Waals surface area contributed by atoms with E-state index in [2.05, 4.69) is 21.3 Å². The third-order valence-electron chi connectivity index (χ3n) is 3.79. The maximum Gasteiger partial charge on any atom is 0.277 e. The van der Waals surface area contributed by atoms with Crippen molar-refractivity contribution in [1.29, 1.82) is 5.26 Å². The van der Waals surface area contributed by atoms with Crippen molar-refractivity contribution in [2.45, 2.75) is 31.4 Å². The summed E-state index contributed by atoms with van der Waals surface area (Å²) in [6, 6.07) is 9.62. The molecule has 26 heavy (non-hydrogen) atoms. The fraction of sp³-hybridized carbons (Fsp3) is 0.333. The quantitative estimate of drug-likeness (QED) is 0.423. The first-order valence-corrected chi connectivity index (χ1v) is 9.00. The van der Waals surface area contributed by atoms with Crippen LogP contribution in [0.2, 0.25) is 0 Å². The van der Waals surface area contributed by atoms with Gasteiger partial charge >= 0.3 is 0 Å². The van der Waals surface area contributed by atoms with E-state index in [1.165, 1.54) is 11.8 Å². The van der Waals surface area contributed by atoms with Crippen LogP contribution >= 0.6 is 11.8 Å². The summed E-state index contributed by atoms with van der Waals surface area (Å²) in [6.07, 6.45) is 0. The molecule has 1 aromatic carbocycles. The lowest BCUT2D eigenvalue weighted by Gasteiger charge is -2.10. The molecule has 0 aliphatic carbocycles. The number of thioether (sulfide) groups is 1. The van der Waals surface area contributed by atoms with Crippen molar-refractivity contribution in [2.24, 2.45) is 7.05 Å². The van der Waals surface area contributed by atoms with Crippen LogP contribution in [-0.4, -0.2) is 30.6 Å². The number of nitrogens with zero attached hydrogens (tertiary/aromatic N) is 5. The highest BCUT2D eigenvalue weighted by atomic mass is 32.2. The van der Waals surface area contributed by atoms with Gasteiger partial charge < -0.3 is 14.1 Å². The number of aryl methyl sites for hydroxylation is 1. The molecular formula is C18H19N5O2S. The van der Waals surface area contributed by atoms with Crippen LogP contribution in [0.1, 0.15) is 32.5 Å². The normalized spacial score (nSPS) is 12.9. The number of aliphatic hydroxyl groups excluding tert-OH is 1. The molecule has 0 spiro atoms. The Labute approximate surface area is 155 Å². The van der Waals surface area contributed by atoms with Crippen LogP contribution in [0.15, 0.2) is 39.7 Å². The van der Waals surface area contributed by atoms with Gasteiger partial charge in [-0.05, 0) is 12.1 Å². The number of aromatic nitrogens is 4. The van der Waals surface area contributed by atoms with Gasteiger partial charge in [-0.2, -0.15) is 5.26 Å². The largest absolute Gasteiger partial charge is 0.510 e. The van der Waals surface area contributed by atoms with Crippen LogP contribution in [0.25, 0.3) is 16.6 Å². The number of rotatable bonds is 4. The summed E-state index contributed by atoms with van der Waals surface area (Å²) in [5.74, 6) is 1.01. The molecule has 3 aromatic rings. The topological polar surface area (TPSA) is 101 Å². The van der Waals surface area contributed by atoms with Gasteiger partial charge in [0, 0.05) is 12.5 Å². The Kier molecular flexibility index (Phi) is 4.74. The van der Waals surface area contributed by atoms with E-state index in [0.29, 0.717) is 16.9 Å². The smallest absolute Gasteiger partial charge is 0.277 e. The monoisotopic (exact) mass is 369 g/mol. The molecule has 0 unspecified atom stereocenters. The lowest BCUT2D eigenvalue weighted by Crippen LogP contribution is -2.11. The van der Waals surface area contributed by atoms with Crippen LogP contribution in [0.4, 0.5) is 0 Å². The van der Waals surface area contributed by atoms with Gasteiger partial charge in [-0.3, -0.25) is 0 Å². The molecule has 0 bridgehead atoms. The van der Waals surface area contributed by atoms with Crippen LogP contribution in [0, 0.1) is 11.3 Å². The SMILES string of the molecule is Cn1c(C(C#N)=C(O)CSc2nnc(C(C)(C)C)o2)nc2ccccc21. The Morgan fingerprint density at radius 1 is 1.31 bits per heavy atom. The number of para-hydroxylation sites is 2. The summed E-state index contributed by atoms with van der Waals surface area (Å²) in [5, 5.41) is 28.3. The Morgan fingerprint density at radius 3 is 2.65 bits per heavy atom. The summed E-state index contributed by atoms with van der Waals surface area (Å²) in [5.41, 5.74) is 1.55. The van der Waals surface area contributed by atoms with E-state index in [-0.39, 0.29) is 22.5 Å². The van der Waals surface area contributed by atoms with E-state index < -0.39 is 0 Å². The molecule has 0 fully saturated rings. The van der Waals surface area contributed by atoms with Crippen molar-refractivity contribution in [3.05, 3.63) is 41.7 Å². The van der Waals surface area contributed by atoms with Crippen LogP contribution < -0.4 is 0 Å². The number of benzene rings is 1. The lowest BCUT2D eigenvalue weighted by molar-refractivity contribution is 0.347. The van der Waals surface area contributed by atoms with Crippen molar-refractivity contribution in [3.63, 3.8) is 0 Å². The fourth-order valence-electron chi connectivity index (χ4n) is 2.39. The molecule has 0 saturated carbocycles. The first kappa shape index (κ1) is 18.0. The second kappa shape index (κ2) is 6.84. The van der Waals surface area contributed by atoms with Gasteiger partial charge in [-0.1, -0.05) is 44.7 Å². The van der Waals surface area contributed by atoms with E-state index in [0.717, 1.165) is 11.0 Å². The molecular weight excluding hydrogens is 350 g/mol. The van der Waals surface area contributed by atoms with Crippen molar-refractivity contribution in [1.82, 2.24) is 19.7 Å². The third kappa shape index (κ3) is 3.44. The van der Waals surface area contributed by atoms with Crippen molar-refractivity contribution in [3.8, 4) is 6.07 Å². The number of fused-ring (bicyclic) bond motifs is 1. The Morgan fingerprint density at radius 2 is 2.04 bits per heavy atom. The molecule has 0 radical (unpaired) electrons. The van der Waals surface area contributed by atoms with Crippen molar-refractivity contribution >= 4 is 28.4 Å². The standard InChI is InChI=1S/C18H19N5O2S/c1-18(2,3)16-21-22-17(25-16)26-10-14(24)11(9-19)15-20-12-7-5-6-8-13(12)23(15)4/h5-8,24H,10H2,1-4H3. The predicted molar refractivity (Wildman–Crippen MR) is 99.6 cm³/mol. The first-order valence-electron chi connectivity index (χ1n) is 8.02. The van der Waals surface area contributed by atoms with Gasteiger partial charge in [-0.25, -0.2) is 4.98 Å². The van der Waals surface area contributed by atoms with Crippen LogP contribution in [0.5, 0.6) is 0 Å². The number of hydrogen-bond donors (Lipinski definition) is 1. The number of hydrogen-bond acceptors (Lipinski definition) is 7. The zero-order valence-corrected chi connectivity index (χ0v) is 15.8. The molecule has 0 amide bonds. The maximum absolute atomic E-state index is 10.4. The molecule has 3 rings (SSSR count). The number of allylic oxidation sites excluding steroid dienone is 1. The highest BCUT2D eigenvalue weighted by Gasteiger charge is 2.22. The lowest BCUT2D eigenvalue weighted by atomic mass is 9.97. The zero-order chi connectivity index (χ0) is 18.9. The Balaban J connectivity index is 1.86.